The highest BCUT2D eigenvalue weighted by molar-refractivity contribution is 5.34. The Balaban J connectivity index is 2.47. The van der Waals surface area contributed by atoms with Gasteiger partial charge in [0.1, 0.15) is 0 Å². The minimum absolute atomic E-state index is 0.0196. The molecule has 0 saturated heterocycles. The van der Waals surface area contributed by atoms with E-state index in [0.717, 1.165) is 6.42 Å². The van der Waals surface area contributed by atoms with E-state index in [1.165, 1.54) is 11.1 Å². The average Bonchev–Trinajstić information content (AvgIpc) is 2.30. The Morgan fingerprint density at radius 3 is 2.82 bits per heavy atom. The summed E-state index contributed by atoms with van der Waals surface area (Å²) in [6.07, 6.45) is 1.09. The highest BCUT2D eigenvalue weighted by atomic mass is 14.7. The molecule has 57 valence electrons. The predicted molar refractivity (Wildman–Crippen MR) is 45.1 cm³/mol. The summed E-state index contributed by atoms with van der Waals surface area (Å²) >= 11 is 0. The Hall–Kier alpha value is -0.820. The maximum Gasteiger partial charge on any atom is 0.0494 e. The maximum atomic E-state index is 7.82. The zero-order chi connectivity index (χ0) is 7.84. The van der Waals surface area contributed by atoms with E-state index in [2.05, 4.69) is 25.1 Å². The van der Waals surface area contributed by atoms with Crippen LogP contribution in [0.15, 0.2) is 24.3 Å². The fraction of sp³-hybridized carbons (Fsp3) is 0.400. The predicted octanol–water partition coefficient (Wildman–Crippen LogP) is 2.20. The number of nitrogens with one attached hydrogen (secondary N) is 1. The van der Waals surface area contributed by atoms with Gasteiger partial charge in [0.05, 0.1) is 0 Å². The van der Waals surface area contributed by atoms with Crippen molar-refractivity contribution in [3.8, 4) is 0 Å². The molecular formula is C10H12N. The highest BCUT2D eigenvalue weighted by Gasteiger charge is 2.25. The quantitative estimate of drug-likeness (QED) is 0.536. The number of benzene rings is 1. The van der Waals surface area contributed by atoms with E-state index < -0.39 is 0 Å². The fourth-order valence-electron chi connectivity index (χ4n) is 1.79. The summed E-state index contributed by atoms with van der Waals surface area (Å²) in [6.45, 7) is 2.15. The molecule has 1 radical (unpaired) electrons. The maximum absolute atomic E-state index is 7.82. The molecule has 0 unspecified atom stereocenters. The second kappa shape index (κ2) is 2.35. The number of rotatable bonds is 0. The molecule has 0 bridgehead atoms. The highest BCUT2D eigenvalue weighted by Crippen LogP contribution is 2.34. The molecule has 11 heavy (non-hydrogen) atoms. The second-order valence-electron chi connectivity index (χ2n) is 3.36. The van der Waals surface area contributed by atoms with Gasteiger partial charge in [-0.1, -0.05) is 31.2 Å². The van der Waals surface area contributed by atoms with Crippen LogP contribution in [0.5, 0.6) is 0 Å². The monoisotopic (exact) mass is 146 g/mol. The first-order valence-electron chi connectivity index (χ1n) is 4.08. The fourth-order valence-corrected chi connectivity index (χ4v) is 1.79. The first-order valence-corrected chi connectivity index (χ1v) is 4.08. The molecule has 2 rings (SSSR count). The van der Waals surface area contributed by atoms with Gasteiger partial charge in [-0.2, -0.15) is 0 Å². The van der Waals surface area contributed by atoms with Crippen LogP contribution in [0.1, 0.15) is 24.1 Å². The van der Waals surface area contributed by atoms with Crippen LogP contribution in [0.3, 0.4) is 0 Å². The van der Waals surface area contributed by atoms with Crippen LogP contribution in [-0.2, 0) is 6.42 Å². The van der Waals surface area contributed by atoms with E-state index in [0.29, 0.717) is 5.92 Å². The van der Waals surface area contributed by atoms with Crippen LogP contribution in [0.4, 0.5) is 0 Å². The van der Waals surface area contributed by atoms with Crippen molar-refractivity contribution in [1.29, 1.82) is 0 Å². The third-order valence-electron chi connectivity index (χ3n) is 2.50. The molecule has 1 aromatic rings. The van der Waals surface area contributed by atoms with Crippen LogP contribution in [0, 0.1) is 5.92 Å². The van der Waals surface area contributed by atoms with Crippen molar-refractivity contribution < 1.29 is 0 Å². The van der Waals surface area contributed by atoms with Crippen LogP contribution < -0.4 is 5.73 Å². The summed E-state index contributed by atoms with van der Waals surface area (Å²) in [4.78, 5) is 0. The zero-order valence-electron chi connectivity index (χ0n) is 6.67. The summed E-state index contributed by atoms with van der Waals surface area (Å²) in [5.74, 6) is 0.507. The van der Waals surface area contributed by atoms with E-state index >= 15 is 0 Å². The molecule has 0 saturated carbocycles. The van der Waals surface area contributed by atoms with Gasteiger partial charge < -0.3 is 0 Å². The van der Waals surface area contributed by atoms with E-state index in [1.807, 2.05) is 6.07 Å². The molecule has 0 aliphatic heterocycles. The smallest absolute Gasteiger partial charge is 0.0494 e. The summed E-state index contributed by atoms with van der Waals surface area (Å²) in [7, 11) is 0. The summed E-state index contributed by atoms with van der Waals surface area (Å²) in [6, 6.07) is 8.32. The average molecular weight is 146 g/mol. The zero-order valence-corrected chi connectivity index (χ0v) is 6.67. The molecule has 0 heterocycles. The lowest BCUT2D eigenvalue weighted by atomic mass is 10.0. The van der Waals surface area contributed by atoms with Crippen molar-refractivity contribution in [2.75, 3.05) is 0 Å². The van der Waals surface area contributed by atoms with Crippen molar-refractivity contribution in [2.45, 2.75) is 19.4 Å². The van der Waals surface area contributed by atoms with E-state index in [9.17, 15) is 0 Å². The largest absolute Gasteiger partial charge is 0.249 e. The summed E-state index contributed by atoms with van der Waals surface area (Å²) in [5.41, 5.74) is 10.4. The molecule has 0 fully saturated rings. The Kier molecular flexibility index (Phi) is 1.46. The topological polar surface area (TPSA) is 23.8 Å². The molecule has 1 nitrogen and oxygen atoms in total. The molecule has 0 amide bonds. The van der Waals surface area contributed by atoms with Gasteiger partial charge in [0.2, 0.25) is 0 Å². The third kappa shape index (κ3) is 0.962. The van der Waals surface area contributed by atoms with Crippen LogP contribution in [0.2, 0.25) is 0 Å². The lowest BCUT2D eigenvalue weighted by molar-refractivity contribution is 0.501. The van der Waals surface area contributed by atoms with E-state index in [1.54, 1.807) is 0 Å². The molecule has 1 heteroatoms. The van der Waals surface area contributed by atoms with Gasteiger partial charge in [-0.3, -0.25) is 0 Å². The summed E-state index contributed by atoms with van der Waals surface area (Å²) < 4.78 is 0. The SMILES string of the molecule is C[C@H]1Cc2ccccc2[C@@H]1[NH]. The van der Waals surface area contributed by atoms with Gasteiger partial charge in [-0.15, -0.1) is 0 Å². The van der Waals surface area contributed by atoms with Crippen molar-refractivity contribution in [3.05, 3.63) is 35.4 Å². The third-order valence-corrected chi connectivity index (χ3v) is 2.50. The van der Waals surface area contributed by atoms with Crippen LogP contribution in [-0.4, -0.2) is 0 Å². The molecule has 1 aliphatic rings. The second-order valence-corrected chi connectivity index (χ2v) is 3.36. The van der Waals surface area contributed by atoms with Gasteiger partial charge in [0, 0.05) is 6.04 Å². The number of hydrogen-bond donors (Lipinski definition) is 0. The first kappa shape index (κ1) is 6.86. The van der Waals surface area contributed by atoms with Crippen molar-refractivity contribution in [3.63, 3.8) is 0 Å². The van der Waals surface area contributed by atoms with Crippen LogP contribution >= 0.6 is 0 Å². The Morgan fingerprint density at radius 1 is 1.36 bits per heavy atom. The Labute approximate surface area is 67.2 Å². The molecule has 1 N–H and O–H groups in total. The minimum Gasteiger partial charge on any atom is -0.249 e. The molecular weight excluding hydrogens is 134 g/mol. The molecule has 1 aliphatic carbocycles. The lowest BCUT2D eigenvalue weighted by Gasteiger charge is -2.07. The first-order chi connectivity index (χ1) is 5.29. The van der Waals surface area contributed by atoms with Gasteiger partial charge >= 0.3 is 0 Å². The van der Waals surface area contributed by atoms with Gasteiger partial charge in [0.15, 0.2) is 0 Å². The van der Waals surface area contributed by atoms with E-state index in [-0.39, 0.29) is 6.04 Å². The number of fused-ring (bicyclic) bond motifs is 1. The Morgan fingerprint density at radius 2 is 2.09 bits per heavy atom. The standard InChI is InChI=1S/C10H12N/c1-7-6-8-4-2-3-5-9(8)10(7)11/h2-5,7,10-11H,6H2,1H3/t7-,10+/m0/s1. The van der Waals surface area contributed by atoms with Gasteiger partial charge in [-0.25, -0.2) is 5.73 Å². The Bertz CT molecular complexity index is 267. The van der Waals surface area contributed by atoms with Gasteiger partial charge in [-0.05, 0) is 23.5 Å². The van der Waals surface area contributed by atoms with Gasteiger partial charge in [0.25, 0.3) is 0 Å². The molecule has 0 spiro atoms. The van der Waals surface area contributed by atoms with Crippen molar-refractivity contribution >= 4 is 0 Å². The van der Waals surface area contributed by atoms with Crippen LogP contribution in [0.25, 0.3) is 0 Å². The minimum atomic E-state index is 0.0196. The van der Waals surface area contributed by atoms with Crippen molar-refractivity contribution in [1.82, 2.24) is 5.73 Å². The van der Waals surface area contributed by atoms with E-state index in [4.69, 9.17) is 5.73 Å². The number of hydrogen-bond acceptors (Lipinski definition) is 0. The lowest BCUT2D eigenvalue weighted by Crippen LogP contribution is -2.03. The van der Waals surface area contributed by atoms with Crippen molar-refractivity contribution in [2.24, 2.45) is 5.92 Å². The molecule has 1 aromatic carbocycles. The normalized spacial score (nSPS) is 28.5. The summed E-state index contributed by atoms with van der Waals surface area (Å²) in [5, 5.41) is 0. The molecule has 0 aromatic heterocycles. The molecule has 2 atom stereocenters.